The molecule has 0 bridgehead atoms. The van der Waals surface area contributed by atoms with Crippen molar-refractivity contribution in [1.82, 2.24) is 14.2 Å². The van der Waals surface area contributed by atoms with Crippen LogP contribution in [0.1, 0.15) is 31.4 Å². The first kappa shape index (κ1) is 20.6. The second kappa shape index (κ2) is 8.20. The maximum Gasteiger partial charge on any atom is 0.243 e. The predicted molar refractivity (Wildman–Crippen MR) is 113 cm³/mol. The zero-order chi connectivity index (χ0) is 21.3. The Morgan fingerprint density at radius 2 is 1.87 bits per heavy atom. The molecule has 3 aromatic rings. The minimum Gasteiger partial charge on any atom is -0.350 e. The summed E-state index contributed by atoms with van der Waals surface area (Å²) < 4.78 is 42.7. The van der Waals surface area contributed by atoms with Gasteiger partial charge >= 0.3 is 0 Å². The molecule has 1 saturated heterocycles. The van der Waals surface area contributed by atoms with Gasteiger partial charge in [-0.2, -0.15) is 4.31 Å². The van der Waals surface area contributed by atoms with Crippen molar-refractivity contribution in [3.05, 3.63) is 66.1 Å². The first-order chi connectivity index (χ1) is 14.4. The number of fused-ring (bicyclic) bond motifs is 1. The average molecular weight is 430 g/mol. The third kappa shape index (κ3) is 3.85. The van der Waals surface area contributed by atoms with E-state index in [-0.39, 0.29) is 23.2 Å². The Morgan fingerprint density at radius 1 is 1.13 bits per heavy atom. The zero-order valence-electron chi connectivity index (χ0n) is 16.7. The molecule has 1 fully saturated rings. The second-order valence-corrected chi connectivity index (χ2v) is 9.48. The molecule has 4 rings (SSSR count). The summed E-state index contributed by atoms with van der Waals surface area (Å²) in [6, 6.07) is 12.6. The van der Waals surface area contributed by atoms with Gasteiger partial charge in [0.25, 0.3) is 0 Å². The molecule has 1 atom stereocenters. The largest absolute Gasteiger partial charge is 0.350 e. The Labute approximate surface area is 175 Å². The fourth-order valence-electron chi connectivity index (χ4n) is 3.82. The maximum absolute atomic E-state index is 13.8. The Balaban J connectivity index is 1.53. The molecule has 1 N–H and O–H groups in total. The van der Waals surface area contributed by atoms with Crippen molar-refractivity contribution in [2.75, 3.05) is 13.1 Å². The van der Waals surface area contributed by atoms with Crippen molar-refractivity contribution in [1.29, 1.82) is 0 Å². The van der Waals surface area contributed by atoms with Crippen molar-refractivity contribution in [2.45, 2.75) is 37.2 Å². The molecule has 1 amide bonds. The summed E-state index contributed by atoms with van der Waals surface area (Å²) in [6.45, 7) is 2.97. The molecular weight excluding hydrogens is 405 g/mol. The number of carbonyl (C=O) groups is 1. The highest BCUT2D eigenvalue weighted by atomic mass is 32.2. The molecule has 6 nitrogen and oxygen atoms in total. The molecule has 30 heavy (non-hydrogen) atoms. The van der Waals surface area contributed by atoms with E-state index in [2.05, 4.69) is 5.32 Å². The number of halogens is 1. The number of aromatic nitrogens is 1. The van der Waals surface area contributed by atoms with E-state index in [0.29, 0.717) is 18.7 Å². The lowest BCUT2D eigenvalue weighted by Crippen LogP contribution is -2.30. The van der Waals surface area contributed by atoms with Crippen molar-refractivity contribution in [3.63, 3.8) is 0 Å². The van der Waals surface area contributed by atoms with E-state index in [1.165, 1.54) is 10.4 Å². The lowest BCUT2D eigenvalue weighted by molar-refractivity contribution is -0.123. The van der Waals surface area contributed by atoms with Crippen LogP contribution in [0.25, 0.3) is 10.9 Å². The minimum atomic E-state index is -3.49. The van der Waals surface area contributed by atoms with Gasteiger partial charge in [0.2, 0.25) is 15.9 Å². The number of hydrogen-bond acceptors (Lipinski definition) is 3. The van der Waals surface area contributed by atoms with E-state index in [1.54, 1.807) is 60.2 Å². The van der Waals surface area contributed by atoms with Crippen LogP contribution in [-0.2, 0) is 21.4 Å². The molecule has 1 unspecified atom stereocenters. The summed E-state index contributed by atoms with van der Waals surface area (Å²) in [7, 11) is -3.49. The standard InChI is InChI=1S/C22H24FN3O3S/c1-16(22(27)24-15-18-6-2-3-7-20(18)23)26-13-10-17-14-19(8-9-21(17)26)30(28,29)25-11-4-5-12-25/h2-3,6-10,13-14,16H,4-5,11-12,15H2,1H3,(H,24,27). The lowest BCUT2D eigenvalue weighted by Gasteiger charge is -2.17. The van der Waals surface area contributed by atoms with Gasteiger partial charge in [-0.25, -0.2) is 12.8 Å². The topological polar surface area (TPSA) is 71.4 Å². The highest BCUT2D eigenvalue weighted by Gasteiger charge is 2.27. The molecule has 8 heteroatoms. The summed E-state index contributed by atoms with van der Waals surface area (Å²) in [5, 5.41) is 3.52. The van der Waals surface area contributed by atoms with Crippen LogP contribution in [0.3, 0.4) is 0 Å². The van der Waals surface area contributed by atoms with Crippen molar-refractivity contribution < 1.29 is 17.6 Å². The number of hydrogen-bond donors (Lipinski definition) is 1. The van der Waals surface area contributed by atoms with Crippen LogP contribution in [0.15, 0.2) is 59.6 Å². The lowest BCUT2D eigenvalue weighted by atomic mass is 10.2. The van der Waals surface area contributed by atoms with Gasteiger partial charge in [-0.1, -0.05) is 18.2 Å². The Hall–Kier alpha value is -2.71. The maximum atomic E-state index is 13.8. The van der Waals surface area contributed by atoms with Crippen LogP contribution < -0.4 is 5.32 Å². The third-order valence-corrected chi connectivity index (χ3v) is 7.50. The average Bonchev–Trinajstić information content (AvgIpc) is 3.42. The monoisotopic (exact) mass is 429 g/mol. The van der Waals surface area contributed by atoms with Crippen molar-refractivity contribution in [2.24, 2.45) is 0 Å². The van der Waals surface area contributed by atoms with Crippen LogP contribution in [0.4, 0.5) is 4.39 Å². The van der Waals surface area contributed by atoms with E-state index >= 15 is 0 Å². The molecule has 0 saturated carbocycles. The van der Waals surface area contributed by atoms with Crippen molar-refractivity contribution >= 4 is 26.8 Å². The van der Waals surface area contributed by atoms with Gasteiger partial charge in [0, 0.05) is 42.3 Å². The number of nitrogens with one attached hydrogen (secondary N) is 1. The number of sulfonamides is 1. The molecule has 0 aliphatic carbocycles. The molecule has 2 aromatic carbocycles. The number of rotatable bonds is 6. The third-order valence-electron chi connectivity index (χ3n) is 5.60. The predicted octanol–water partition coefficient (Wildman–Crippen LogP) is 3.44. The minimum absolute atomic E-state index is 0.104. The van der Waals surface area contributed by atoms with Crippen molar-refractivity contribution in [3.8, 4) is 0 Å². The number of amides is 1. The van der Waals surface area contributed by atoms with Gasteiger partial charge in [-0.05, 0) is 50.1 Å². The molecular formula is C22H24FN3O3S. The van der Waals surface area contributed by atoms with Gasteiger partial charge in [0.1, 0.15) is 11.9 Å². The van der Waals surface area contributed by atoms with Gasteiger partial charge in [-0.15, -0.1) is 0 Å². The van der Waals surface area contributed by atoms with E-state index in [0.717, 1.165) is 23.7 Å². The van der Waals surface area contributed by atoms with Crippen LogP contribution in [0.2, 0.25) is 0 Å². The van der Waals surface area contributed by atoms with E-state index in [4.69, 9.17) is 0 Å². The number of nitrogens with zero attached hydrogens (tertiary/aromatic N) is 2. The Bertz CT molecular complexity index is 1180. The Kier molecular flexibility index (Phi) is 5.62. The summed E-state index contributed by atoms with van der Waals surface area (Å²) in [4.78, 5) is 12.9. The van der Waals surface area contributed by atoms with Gasteiger partial charge in [-0.3, -0.25) is 4.79 Å². The van der Waals surface area contributed by atoms with E-state index in [9.17, 15) is 17.6 Å². The first-order valence-electron chi connectivity index (χ1n) is 10.00. The molecule has 2 heterocycles. The summed E-state index contributed by atoms with van der Waals surface area (Å²) >= 11 is 0. The van der Waals surface area contributed by atoms with Gasteiger partial charge in [0.05, 0.1) is 4.90 Å². The fraction of sp³-hybridized carbons (Fsp3) is 0.318. The summed E-state index contributed by atoms with van der Waals surface area (Å²) in [5.74, 6) is -0.604. The Morgan fingerprint density at radius 3 is 2.60 bits per heavy atom. The van der Waals surface area contributed by atoms with Gasteiger partial charge < -0.3 is 9.88 Å². The summed E-state index contributed by atoms with van der Waals surface area (Å²) in [5.41, 5.74) is 1.19. The normalized spacial score (nSPS) is 16.1. The molecule has 0 spiro atoms. The quantitative estimate of drug-likeness (QED) is 0.653. The molecule has 1 aliphatic heterocycles. The van der Waals surface area contributed by atoms with Crippen LogP contribution in [0.5, 0.6) is 0 Å². The SMILES string of the molecule is CC(C(=O)NCc1ccccc1F)n1ccc2cc(S(=O)(=O)N3CCCC3)ccc21. The molecule has 0 radical (unpaired) electrons. The van der Waals surface area contributed by atoms with Crippen LogP contribution in [-0.4, -0.2) is 36.3 Å². The first-order valence-corrected chi connectivity index (χ1v) is 11.4. The smallest absolute Gasteiger partial charge is 0.243 e. The number of benzene rings is 2. The second-order valence-electron chi connectivity index (χ2n) is 7.54. The summed E-state index contributed by atoms with van der Waals surface area (Å²) in [6.07, 6.45) is 3.54. The highest BCUT2D eigenvalue weighted by molar-refractivity contribution is 7.89. The highest BCUT2D eigenvalue weighted by Crippen LogP contribution is 2.27. The molecule has 1 aliphatic rings. The van der Waals surface area contributed by atoms with E-state index < -0.39 is 16.1 Å². The van der Waals surface area contributed by atoms with Gasteiger partial charge in [0.15, 0.2) is 0 Å². The van der Waals surface area contributed by atoms with E-state index in [1.807, 2.05) is 0 Å². The molecule has 158 valence electrons. The number of carbonyl (C=O) groups excluding carboxylic acids is 1. The fourth-order valence-corrected chi connectivity index (χ4v) is 5.37. The van der Waals surface area contributed by atoms with Crippen LogP contribution in [0, 0.1) is 5.82 Å². The van der Waals surface area contributed by atoms with Crippen LogP contribution >= 0.6 is 0 Å². The molecule has 1 aromatic heterocycles. The zero-order valence-corrected chi connectivity index (χ0v) is 17.5.